The molecule has 0 fully saturated rings. The van der Waals surface area contributed by atoms with Gasteiger partial charge in [-0.2, -0.15) is 0 Å². The molecule has 0 bridgehead atoms. The van der Waals surface area contributed by atoms with Crippen molar-refractivity contribution in [1.29, 1.82) is 0 Å². The summed E-state index contributed by atoms with van der Waals surface area (Å²) in [7, 11) is 0. The Morgan fingerprint density at radius 1 is 1.19 bits per heavy atom. The highest BCUT2D eigenvalue weighted by Gasteiger charge is 2.14. The summed E-state index contributed by atoms with van der Waals surface area (Å²) in [6.07, 6.45) is 0. The van der Waals surface area contributed by atoms with Crippen LogP contribution in [0, 0.1) is 20.8 Å². The van der Waals surface area contributed by atoms with E-state index in [0.717, 1.165) is 32.0 Å². The Morgan fingerprint density at radius 2 is 1.86 bits per heavy atom. The van der Waals surface area contributed by atoms with Gasteiger partial charge in [-0.15, -0.1) is 11.3 Å². The third-order valence-electron chi connectivity index (χ3n) is 3.73. The third-order valence-corrected chi connectivity index (χ3v) is 5.09. The Hall–Kier alpha value is -1.65. The van der Waals surface area contributed by atoms with E-state index in [1.807, 2.05) is 45.0 Å². The Morgan fingerprint density at radius 3 is 2.52 bits per heavy atom. The summed E-state index contributed by atoms with van der Waals surface area (Å²) in [6.45, 7) is 6.40. The molecule has 0 spiro atoms. The van der Waals surface area contributed by atoms with Crippen LogP contribution in [0.1, 0.15) is 21.8 Å². The van der Waals surface area contributed by atoms with Gasteiger partial charge < -0.3 is 0 Å². The fraction of sp³-hybridized carbons (Fsp3) is 0.250. The number of hydrogen-bond acceptors (Lipinski definition) is 3. The number of hydrogen-bond donors (Lipinski definition) is 0. The van der Waals surface area contributed by atoms with E-state index in [4.69, 9.17) is 11.6 Å². The number of aryl methyl sites for hydroxylation is 3. The monoisotopic (exact) mass is 318 g/mol. The van der Waals surface area contributed by atoms with Gasteiger partial charge in [0, 0.05) is 9.90 Å². The molecule has 0 aliphatic heterocycles. The van der Waals surface area contributed by atoms with E-state index in [0.29, 0.717) is 11.6 Å². The van der Waals surface area contributed by atoms with Crippen LogP contribution in [-0.4, -0.2) is 9.55 Å². The molecule has 0 unspecified atom stereocenters. The lowest BCUT2D eigenvalue weighted by molar-refractivity contribution is 0.713. The molecule has 3 nitrogen and oxygen atoms in total. The zero-order valence-corrected chi connectivity index (χ0v) is 13.7. The molecule has 108 valence electrons. The molecule has 2 heterocycles. The van der Waals surface area contributed by atoms with Crippen molar-refractivity contribution in [3.63, 3.8) is 0 Å². The Bertz CT molecular complexity index is 878. The maximum absolute atomic E-state index is 12.8. The van der Waals surface area contributed by atoms with Gasteiger partial charge in [0.2, 0.25) is 0 Å². The van der Waals surface area contributed by atoms with Crippen LogP contribution in [-0.2, 0) is 6.54 Å². The second-order valence-corrected chi connectivity index (χ2v) is 6.78. The molecule has 3 aromatic rings. The van der Waals surface area contributed by atoms with Gasteiger partial charge >= 0.3 is 0 Å². The number of thiophene rings is 1. The smallest absolute Gasteiger partial charge is 0.262 e. The van der Waals surface area contributed by atoms with Crippen molar-refractivity contribution < 1.29 is 0 Å². The zero-order valence-electron chi connectivity index (χ0n) is 12.1. The molecule has 5 heteroatoms. The molecule has 0 N–H and O–H groups in total. The van der Waals surface area contributed by atoms with Gasteiger partial charge in [-0.05, 0) is 44.0 Å². The van der Waals surface area contributed by atoms with E-state index in [9.17, 15) is 4.79 Å². The van der Waals surface area contributed by atoms with Crippen molar-refractivity contribution in [1.82, 2.24) is 9.55 Å². The van der Waals surface area contributed by atoms with Crippen LogP contribution in [0.5, 0.6) is 0 Å². The van der Waals surface area contributed by atoms with Crippen molar-refractivity contribution in [3.05, 3.63) is 61.5 Å². The summed E-state index contributed by atoms with van der Waals surface area (Å²) < 4.78 is 1.73. The maximum Gasteiger partial charge on any atom is 0.262 e. The van der Waals surface area contributed by atoms with E-state index in [-0.39, 0.29) is 5.56 Å². The highest BCUT2D eigenvalue weighted by Crippen LogP contribution is 2.26. The van der Waals surface area contributed by atoms with Crippen LogP contribution < -0.4 is 5.56 Å². The number of fused-ring (bicyclic) bond motifs is 1. The third kappa shape index (κ3) is 2.49. The first kappa shape index (κ1) is 14.3. The van der Waals surface area contributed by atoms with Gasteiger partial charge in [-0.25, -0.2) is 4.98 Å². The predicted octanol–water partition coefficient (Wildman–Crippen LogP) is 4.08. The molecule has 0 atom stereocenters. The molecule has 0 amide bonds. The van der Waals surface area contributed by atoms with E-state index in [1.54, 1.807) is 15.9 Å². The summed E-state index contributed by atoms with van der Waals surface area (Å²) in [6, 6.07) is 7.54. The normalized spacial score (nSPS) is 11.2. The fourth-order valence-corrected chi connectivity index (χ4v) is 3.58. The van der Waals surface area contributed by atoms with Crippen molar-refractivity contribution in [3.8, 4) is 0 Å². The van der Waals surface area contributed by atoms with E-state index in [2.05, 4.69) is 4.98 Å². The number of nitrogens with zero attached hydrogens (tertiary/aromatic N) is 2. The summed E-state index contributed by atoms with van der Waals surface area (Å²) >= 11 is 7.48. The van der Waals surface area contributed by atoms with Crippen molar-refractivity contribution in [2.75, 3.05) is 0 Å². The average molecular weight is 319 g/mol. The van der Waals surface area contributed by atoms with E-state index in [1.165, 1.54) is 0 Å². The van der Waals surface area contributed by atoms with E-state index < -0.39 is 0 Å². The number of rotatable bonds is 2. The second kappa shape index (κ2) is 5.28. The van der Waals surface area contributed by atoms with Crippen molar-refractivity contribution in [2.45, 2.75) is 27.3 Å². The summed E-state index contributed by atoms with van der Waals surface area (Å²) in [4.78, 5) is 19.3. The molecule has 3 rings (SSSR count). The minimum atomic E-state index is 0.0364. The Balaban J connectivity index is 2.16. The van der Waals surface area contributed by atoms with Gasteiger partial charge in [-0.1, -0.05) is 23.7 Å². The lowest BCUT2D eigenvalue weighted by Gasteiger charge is -2.10. The molecule has 1 aromatic carbocycles. The van der Waals surface area contributed by atoms with E-state index >= 15 is 0 Å². The van der Waals surface area contributed by atoms with Crippen LogP contribution in [0.25, 0.3) is 10.2 Å². The van der Waals surface area contributed by atoms with Crippen LogP contribution in [0.2, 0.25) is 5.02 Å². The second-order valence-electron chi connectivity index (χ2n) is 5.14. The molecule has 0 saturated carbocycles. The quantitative estimate of drug-likeness (QED) is 0.713. The molecule has 0 aliphatic carbocycles. The maximum atomic E-state index is 12.8. The van der Waals surface area contributed by atoms with Gasteiger partial charge in [-0.3, -0.25) is 9.36 Å². The van der Waals surface area contributed by atoms with Gasteiger partial charge in [0.1, 0.15) is 10.7 Å². The fourth-order valence-electron chi connectivity index (χ4n) is 2.39. The molecule has 0 aliphatic rings. The SMILES string of the molecule is Cc1sc2nc(C)n(Cc3ccc(Cl)cc3)c(=O)c2c1C. The first-order valence-electron chi connectivity index (χ1n) is 6.69. The largest absolute Gasteiger partial charge is 0.292 e. The molecular formula is C16H15ClN2OS. The zero-order chi connectivity index (χ0) is 15.1. The van der Waals surface area contributed by atoms with Crippen molar-refractivity contribution >= 4 is 33.2 Å². The standard InChI is InChI=1S/C16H15ClN2OS/c1-9-10(2)21-15-14(9)16(20)19(11(3)18-15)8-12-4-6-13(17)7-5-12/h4-7H,8H2,1-3H3. The van der Waals surface area contributed by atoms with Crippen LogP contribution in [0.3, 0.4) is 0 Å². The first-order valence-corrected chi connectivity index (χ1v) is 7.88. The summed E-state index contributed by atoms with van der Waals surface area (Å²) in [5.41, 5.74) is 2.11. The lowest BCUT2D eigenvalue weighted by atomic mass is 10.2. The van der Waals surface area contributed by atoms with Crippen molar-refractivity contribution in [2.24, 2.45) is 0 Å². The summed E-state index contributed by atoms with van der Waals surface area (Å²) in [5, 5.41) is 1.44. The number of halogens is 1. The van der Waals surface area contributed by atoms with Gasteiger partial charge in [0.05, 0.1) is 11.9 Å². The number of benzene rings is 1. The Kier molecular flexibility index (Phi) is 3.59. The Labute approximate surface area is 131 Å². The highest BCUT2D eigenvalue weighted by atomic mass is 35.5. The predicted molar refractivity (Wildman–Crippen MR) is 88.6 cm³/mol. The average Bonchev–Trinajstić information content (AvgIpc) is 2.72. The van der Waals surface area contributed by atoms with Crippen LogP contribution in [0.15, 0.2) is 29.1 Å². The minimum absolute atomic E-state index is 0.0364. The summed E-state index contributed by atoms with van der Waals surface area (Å²) in [5.74, 6) is 0.740. The molecule has 0 radical (unpaired) electrons. The highest BCUT2D eigenvalue weighted by molar-refractivity contribution is 7.18. The number of aromatic nitrogens is 2. The van der Waals surface area contributed by atoms with Crippen LogP contribution >= 0.6 is 22.9 Å². The molecule has 0 saturated heterocycles. The molecular weight excluding hydrogens is 304 g/mol. The molecule has 21 heavy (non-hydrogen) atoms. The molecule has 2 aromatic heterocycles. The van der Waals surface area contributed by atoms with Gasteiger partial charge in [0.25, 0.3) is 5.56 Å². The lowest BCUT2D eigenvalue weighted by Crippen LogP contribution is -2.24. The minimum Gasteiger partial charge on any atom is -0.292 e. The first-order chi connectivity index (χ1) is 9.97. The van der Waals surface area contributed by atoms with Crippen LogP contribution in [0.4, 0.5) is 0 Å². The van der Waals surface area contributed by atoms with Gasteiger partial charge in [0.15, 0.2) is 0 Å². The topological polar surface area (TPSA) is 34.9 Å².